The topological polar surface area (TPSA) is 44.4 Å². The molecule has 0 aliphatic rings. The number of carbonyl (C=O) groups excluding carboxylic acids is 1. The summed E-state index contributed by atoms with van der Waals surface area (Å²) < 4.78 is 0. The van der Waals surface area contributed by atoms with E-state index in [-0.39, 0.29) is 5.91 Å². The molecule has 0 heterocycles. The summed E-state index contributed by atoms with van der Waals surface area (Å²) in [5.41, 5.74) is 0. The van der Waals surface area contributed by atoms with Crippen LogP contribution in [0, 0.1) is 0 Å². The highest BCUT2D eigenvalue weighted by Crippen LogP contribution is 1.85. The van der Waals surface area contributed by atoms with Crippen LogP contribution in [0.1, 0.15) is 32.6 Å². The number of amides is 1. The van der Waals surface area contributed by atoms with Gasteiger partial charge < -0.3 is 15.5 Å². The van der Waals surface area contributed by atoms with Crippen molar-refractivity contribution >= 4 is 5.91 Å². The number of nitrogens with zero attached hydrogens (tertiary/aromatic N) is 1. The van der Waals surface area contributed by atoms with E-state index in [4.69, 9.17) is 0 Å². The van der Waals surface area contributed by atoms with Crippen LogP contribution in [0.25, 0.3) is 0 Å². The van der Waals surface area contributed by atoms with Crippen LogP contribution in [0.2, 0.25) is 0 Å². The van der Waals surface area contributed by atoms with E-state index in [0.29, 0.717) is 6.42 Å². The van der Waals surface area contributed by atoms with E-state index in [0.717, 1.165) is 45.4 Å². The summed E-state index contributed by atoms with van der Waals surface area (Å²) in [6.07, 6.45) is 3.92. The summed E-state index contributed by atoms with van der Waals surface area (Å²) in [5, 5.41) is 6.18. The molecule has 0 fully saturated rings. The number of unbranched alkanes of at least 4 members (excludes halogenated alkanes) is 1. The minimum atomic E-state index is 0.161. The molecule has 0 aliphatic carbocycles. The summed E-state index contributed by atoms with van der Waals surface area (Å²) >= 11 is 0. The first-order valence-electron chi connectivity index (χ1n) is 6.29. The van der Waals surface area contributed by atoms with Crippen molar-refractivity contribution < 1.29 is 4.79 Å². The highest BCUT2D eigenvalue weighted by molar-refractivity contribution is 5.75. The van der Waals surface area contributed by atoms with Gasteiger partial charge in [0.1, 0.15) is 0 Å². The van der Waals surface area contributed by atoms with Crippen molar-refractivity contribution in [3.8, 4) is 0 Å². The van der Waals surface area contributed by atoms with Gasteiger partial charge in [0.15, 0.2) is 0 Å². The number of rotatable bonds is 10. The smallest absolute Gasteiger partial charge is 0.221 e. The van der Waals surface area contributed by atoms with Crippen molar-refractivity contribution in [3.63, 3.8) is 0 Å². The Hall–Kier alpha value is -0.610. The van der Waals surface area contributed by atoms with Gasteiger partial charge in [0.05, 0.1) is 0 Å². The molecule has 0 radical (unpaired) electrons. The second-order valence-corrected chi connectivity index (χ2v) is 4.36. The quantitative estimate of drug-likeness (QED) is 0.546. The molecule has 0 aromatic heterocycles. The van der Waals surface area contributed by atoms with Gasteiger partial charge in [0.25, 0.3) is 0 Å². The Morgan fingerprint density at radius 3 is 2.50 bits per heavy atom. The molecule has 2 N–H and O–H groups in total. The zero-order chi connectivity index (χ0) is 12.2. The van der Waals surface area contributed by atoms with Crippen molar-refractivity contribution in [1.82, 2.24) is 15.5 Å². The maximum Gasteiger partial charge on any atom is 0.221 e. The molecule has 0 saturated carbocycles. The summed E-state index contributed by atoms with van der Waals surface area (Å²) in [5.74, 6) is 0.161. The number of nitrogens with one attached hydrogen (secondary N) is 2. The normalized spacial score (nSPS) is 10.8. The van der Waals surface area contributed by atoms with E-state index in [1.165, 1.54) is 0 Å². The van der Waals surface area contributed by atoms with Gasteiger partial charge in [-0.2, -0.15) is 0 Å². The molecule has 16 heavy (non-hydrogen) atoms. The zero-order valence-corrected chi connectivity index (χ0v) is 11.0. The molecular weight excluding hydrogens is 202 g/mol. The van der Waals surface area contributed by atoms with Crippen LogP contribution in [-0.2, 0) is 4.79 Å². The first kappa shape index (κ1) is 15.4. The predicted molar refractivity (Wildman–Crippen MR) is 68.6 cm³/mol. The van der Waals surface area contributed by atoms with E-state index < -0.39 is 0 Å². The lowest BCUT2D eigenvalue weighted by Gasteiger charge is -2.09. The third-order valence-corrected chi connectivity index (χ3v) is 2.34. The predicted octanol–water partition coefficient (Wildman–Crippen LogP) is 0.834. The number of carbonyl (C=O) groups is 1. The van der Waals surface area contributed by atoms with Gasteiger partial charge in [0, 0.05) is 19.5 Å². The van der Waals surface area contributed by atoms with Gasteiger partial charge in [-0.1, -0.05) is 13.3 Å². The Kier molecular flexibility index (Phi) is 10.5. The Morgan fingerprint density at radius 1 is 1.12 bits per heavy atom. The highest BCUT2D eigenvalue weighted by atomic mass is 16.1. The molecule has 0 bridgehead atoms. The van der Waals surface area contributed by atoms with Crippen LogP contribution in [-0.4, -0.2) is 51.1 Å². The lowest BCUT2D eigenvalue weighted by atomic mass is 10.3. The number of hydrogen-bond acceptors (Lipinski definition) is 3. The fourth-order valence-corrected chi connectivity index (χ4v) is 1.34. The third kappa shape index (κ3) is 11.5. The molecule has 4 heteroatoms. The average molecular weight is 229 g/mol. The molecular formula is C12H27N3O. The van der Waals surface area contributed by atoms with E-state index in [9.17, 15) is 4.79 Å². The van der Waals surface area contributed by atoms with Crippen LogP contribution < -0.4 is 10.6 Å². The minimum Gasteiger partial charge on any atom is -0.356 e. The molecule has 0 rings (SSSR count). The molecule has 0 aromatic carbocycles. The second-order valence-electron chi connectivity index (χ2n) is 4.36. The van der Waals surface area contributed by atoms with Gasteiger partial charge in [-0.15, -0.1) is 0 Å². The molecule has 0 spiro atoms. The summed E-state index contributed by atoms with van der Waals surface area (Å²) in [6, 6.07) is 0. The van der Waals surface area contributed by atoms with Gasteiger partial charge in [-0.05, 0) is 40.0 Å². The lowest BCUT2D eigenvalue weighted by molar-refractivity contribution is -0.121. The maximum atomic E-state index is 11.3. The van der Waals surface area contributed by atoms with Crippen LogP contribution >= 0.6 is 0 Å². The van der Waals surface area contributed by atoms with E-state index >= 15 is 0 Å². The largest absolute Gasteiger partial charge is 0.356 e. The Balaban J connectivity index is 3.15. The fourth-order valence-electron chi connectivity index (χ4n) is 1.34. The summed E-state index contributed by atoms with van der Waals surface area (Å²) in [7, 11) is 4.14. The molecule has 96 valence electrons. The second kappa shape index (κ2) is 10.9. The SMILES string of the molecule is CCCCNC(=O)CCNCCCN(C)C. The van der Waals surface area contributed by atoms with Gasteiger partial charge in [-0.25, -0.2) is 0 Å². The van der Waals surface area contributed by atoms with Crippen LogP contribution in [0.15, 0.2) is 0 Å². The highest BCUT2D eigenvalue weighted by Gasteiger charge is 1.99. The Bertz CT molecular complexity index is 172. The number of hydrogen-bond donors (Lipinski definition) is 2. The van der Waals surface area contributed by atoms with Crippen LogP contribution in [0.3, 0.4) is 0 Å². The molecule has 0 aromatic rings. The molecule has 1 amide bonds. The molecule has 0 atom stereocenters. The molecule has 4 nitrogen and oxygen atoms in total. The summed E-state index contributed by atoms with van der Waals surface area (Å²) in [4.78, 5) is 13.5. The van der Waals surface area contributed by atoms with Crippen molar-refractivity contribution in [2.24, 2.45) is 0 Å². The van der Waals surface area contributed by atoms with Crippen LogP contribution in [0.4, 0.5) is 0 Å². The van der Waals surface area contributed by atoms with Gasteiger partial charge in [-0.3, -0.25) is 4.79 Å². The van der Waals surface area contributed by atoms with Gasteiger partial charge in [0.2, 0.25) is 5.91 Å². The standard InChI is InChI=1S/C12H27N3O/c1-4-5-9-14-12(16)7-10-13-8-6-11-15(2)3/h13H,4-11H2,1-3H3,(H,14,16). The molecule has 0 aliphatic heterocycles. The van der Waals surface area contributed by atoms with Gasteiger partial charge >= 0.3 is 0 Å². The lowest BCUT2D eigenvalue weighted by Crippen LogP contribution is -2.29. The average Bonchev–Trinajstić information content (AvgIpc) is 2.23. The Labute approximate surface area is 99.8 Å². The Morgan fingerprint density at radius 2 is 1.88 bits per heavy atom. The molecule has 0 unspecified atom stereocenters. The van der Waals surface area contributed by atoms with E-state index in [2.05, 4.69) is 36.6 Å². The van der Waals surface area contributed by atoms with Crippen molar-refractivity contribution in [1.29, 1.82) is 0 Å². The minimum absolute atomic E-state index is 0.161. The van der Waals surface area contributed by atoms with Crippen molar-refractivity contribution in [2.75, 3.05) is 40.3 Å². The fraction of sp³-hybridized carbons (Fsp3) is 0.917. The first-order chi connectivity index (χ1) is 7.66. The van der Waals surface area contributed by atoms with Crippen LogP contribution in [0.5, 0.6) is 0 Å². The zero-order valence-electron chi connectivity index (χ0n) is 11.0. The van der Waals surface area contributed by atoms with Crippen molar-refractivity contribution in [3.05, 3.63) is 0 Å². The van der Waals surface area contributed by atoms with E-state index in [1.54, 1.807) is 0 Å². The summed E-state index contributed by atoms with van der Waals surface area (Å²) in [6.45, 7) is 5.80. The first-order valence-corrected chi connectivity index (χ1v) is 6.29. The van der Waals surface area contributed by atoms with E-state index in [1.807, 2.05) is 0 Å². The molecule has 0 saturated heterocycles. The van der Waals surface area contributed by atoms with Crippen molar-refractivity contribution in [2.45, 2.75) is 32.6 Å². The monoisotopic (exact) mass is 229 g/mol. The maximum absolute atomic E-state index is 11.3. The third-order valence-electron chi connectivity index (χ3n) is 2.34.